The molecule has 0 aromatic carbocycles. The summed E-state index contributed by atoms with van der Waals surface area (Å²) in [4.78, 5) is 11.4. The van der Waals surface area contributed by atoms with E-state index in [1.807, 2.05) is 6.07 Å². The molecule has 1 aromatic rings. The van der Waals surface area contributed by atoms with Crippen molar-refractivity contribution in [3.05, 3.63) is 16.5 Å². The van der Waals surface area contributed by atoms with Crippen LogP contribution in [-0.2, 0) is 0 Å². The van der Waals surface area contributed by atoms with Gasteiger partial charge in [0.2, 0.25) is 0 Å². The first-order valence-corrected chi connectivity index (χ1v) is 7.54. The van der Waals surface area contributed by atoms with Crippen LogP contribution < -0.4 is 4.90 Å². The quantitative estimate of drug-likeness (QED) is 0.770. The maximum absolute atomic E-state index is 4.71. The van der Waals surface area contributed by atoms with Crippen LogP contribution in [0.5, 0.6) is 0 Å². The second kappa shape index (κ2) is 5.55. The Kier molecular flexibility index (Phi) is 4.25. The van der Waals surface area contributed by atoms with Gasteiger partial charge in [-0.1, -0.05) is 13.8 Å². The first kappa shape index (κ1) is 13.8. The molecule has 100 valence electrons. The molecular formula is C14H22BrN3. The van der Waals surface area contributed by atoms with Crippen LogP contribution in [0.4, 0.5) is 5.82 Å². The SMILES string of the molecule is CC(C)CC(C)N(C)c1cc(Br)nc(C2CC2)n1. The van der Waals surface area contributed by atoms with Crippen molar-refractivity contribution in [3.63, 3.8) is 0 Å². The van der Waals surface area contributed by atoms with Gasteiger partial charge in [0.15, 0.2) is 0 Å². The van der Waals surface area contributed by atoms with E-state index in [0.29, 0.717) is 17.9 Å². The lowest BCUT2D eigenvalue weighted by atomic mass is 10.0. The van der Waals surface area contributed by atoms with E-state index in [9.17, 15) is 0 Å². The lowest BCUT2D eigenvalue weighted by Gasteiger charge is -2.27. The van der Waals surface area contributed by atoms with Gasteiger partial charge in [-0.25, -0.2) is 9.97 Å². The summed E-state index contributed by atoms with van der Waals surface area (Å²) in [5, 5.41) is 0. The molecule has 4 heteroatoms. The largest absolute Gasteiger partial charge is 0.357 e. The molecule has 0 spiro atoms. The fourth-order valence-electron chi connectivity index (χ4n) is 2.19. The molecule has 1 heterocycles. The predicted molar refractivity (Wildman–Crippen MR) is 79.0 cm³/mol. The summed E-state index contributed by atoms with van der Waals surface area (Å²) < 4.78 is 0.901. The maximum atomic E-state index is 4.71. The Morgan fingerprint density at radius 3 is 2.56 bits per heavy atom. The molecule has 1 aromatic heterocycles. The van der Waals surface area contributed by atoms with E-state index in [-0.39, 0.29) is 0 Å². The van der Waals surface area contributed by atoms with Crippen molar-refractivity contribution in [2.45, 2.75) is 52.0 Å². The van der Waals surface area contributed by atoms with Crippen LogP contribution in [0.1, 0.15) is 51.8 Å². The van der Waals surface area contributed by atoms with Crippen LogP contribution in [0.3, 0.4) is 0 Å². The topological polar surface area (TPSA) is 29.0 Å². The average molecular weight is 312 g/mol. The summed E-state index contributed by atoms with van der Waals surface area (Å²) in [5.74, 6) is 3.33. The zero-order chi connectivity index (χ0) is 13.3. The van der Waals surface area contributed by atoms with Gasteiger partial charge in [0.25, 0.3) is 0 Å². The fourth-order valence-corrected chi connectivity index (χ4v) is 2.58. The predicted octanol–water partition coefficient (Wildman–Crippen LogP) is 3.99. The van der Waals surface area contributed by atoms with Gasteiger partial charge in [0.1, 0.15) is 16.2 Å². The van der Waals surface area contributed by atoms with E-state index in [0.717, 1.165) is 16.2 Å². The fraction of sp³-hybridized carbons (Fsp3) is 0.714. The minimum Gasteiger partial charge on any atom is -0.357 e. The number of nitrogens with zero attached hydrogens (tertiary/aromatic N) is 3. The van der Waals surface area contributed by atoms with Gasteiger partial charge >= 0.3 is 0 Å². The standard InChI is InChI=1S/C14H22BrN3/c1-9(2)7-10(3)18(4)13-8-12(15)16-14(17-13)11-5-6-11/h8-11H,5-7H2,1-4H3. The Hall–Kier alpha value is -0.640. The molecule has 0 radical (unpaired) electrons. The van der Waals surface area contributed by atoms with E-state index in [2.05, 4.69) is 53.6 Å². The van der Waals surface area contributed by atoms with Crippen LogP contribution in [0.15, 0.2) is 10.7 Å². The number of hydrogen-bond acceptors (Lipinski definition) is 3. The zero-order valence-corrected chi connectivity index (χ0v) is 13.2. The highest BCUT2D eigenvalue weighted by atomic mass is 79.9. The maximum Gasteiger partial charge on any atom is 0.135 e. The van der Waals surface area contributed by atoms with Crippen molar-refractivity contribution < 1.29 is 0 Å². The third kappa shape index (κ3) is 3.44. The number of rotatable bonds is 5. The second-order valence-electron chi connectivity index (χ2n) is 5.77. The van der Waals surface area contributed by atoms with Crippen LogP contribution in [0.25, 0.3) is 0 Å². The Labute approximate surface area is 118 Å². The molecule has 1 fully saturated rings. The molecule has 0 amide bonds. The van der Waals surface area contributed by atoms with Gasteiger partial charge in [-0.05, 0) is 48.0 Å². The molecule has 2 rings (SSSR count). The summed E-state index contributed by atoms with van der Waals surface area (Å²) >= 11 is 3.50. The summed E-state index contributed by atoms with van der Waals surface area (Å²) in [6, 6.07) is 2.52. The van der Waals surface area contributed by atoms with Crippen LogP contribution in [-0.4, -0.2) is 23.1 Å². The number of aromatic nitrogens is 2. The van der Waals surface area contributed by atoms with Gasteiger partial charge in [-0.15, -0.1) is 0 Å². The molecule has 1 aliphatic rings. The zero-order valence-electron chi connectivity index (χ0n) is 11.7. The van der Waals surface area contributed by atoms with Crippen LogP contribution in [0, 0.1) is 5.92 Å². The molecule has 0 saturated heterocycles. The normalized spacial score (nSPS) is 17.0. The highest BCUT2D eigenvalue weighted by Crippen LogP contribution is 2.39. The van der Waals surface area contributed by atoms with Crippen molar-refractivity contribution in [1.82, 2.24) is 9.97 Å². The number of hydrogen-bond donors (Lipinski definition) is 0. The Morgan fingerprint density at radius 1 is 1.33 bits per heavy atom. The van der Waals surface area contributed by atoms with E-state index in [1.165, 1.54) is 19.3 Å². The molecule has 1 saturated carbocycles. The third-order valence-corrected chi connectivity index (χ3v) is 3.88. The monoisotopic (exact) mass is 311 g/mol. The molecule has 1 aliphatic carbocycles. The smallest absolute Gasteiger partial charge is 0.135 e. The first-order valence-electron chi connectivity index (χ1n) is 6.74. The van der Waals surface area contributed by atoms with E-state index in [4.69, 9.17) is 4.98 Å². The highest BCUT2D eigenvalue weighted by Gasteiger charge is 2.27. The van der Waals surface area contributed by atoms with Gasteiger partial charge < -0.3 is 4.90 Å². The molecule has 0 N–H and O–H groups in total. The van der Waals surface area contributed by atoms with E-state index < -0.39 is 0 Å². The van der Waals surface area contributed by atoms with Crippen LogP contribution in [0.2, 0.25) is 0 Å². The van der Waals surface area contributed by atoms with Gasteiger partial charge in [0.05, 0.1) is 0 Å². The van der Waals surface area contributed by atoms with Crippen molar-refractivity contribution in [1.29, 1.82) is 0 Å². The lowest BCUT2D eigenvalue weighted by Crippen LogP contribution is -2.31. The molecule has 1 unspecified atom stereocenters. The Bertz CT molecular complexity index is 416. The Morgan fingerprint density at radius 2 is 2.00 bits per heavy atom. The number of anilines is 1. The summed E-state index contributed by atoms with van der Waals surface area (Å²) in [6.07, 6.45) is 3.65. The van der Waals surface area contributed by atoms with Crippen molar-refractivity contribution in [2.75, 3.05) is 11.9 Å². The van der Waals surface area contributed by atoms with Crippen molar-refractivity contribution in [2.24, 2.45) is 5.92 Å². The molecule has 18 heavy (non-hydrogen) atoms. The lowest BCUT2D eigenvalue weighted by molar-refractivity contribution is 0.501. The van der Waals surface area contributed by atoms with Crippen LogP contribution >= 0.6 is 15.9 Å². The minimum absolute atomic E-state index is 0.499. The highest BCUT2D eigenvalue weighted by molar-refractivity contribution is 9.10. The molecule has 0 bridgehead atoms. The molecule has 0 aliphatic heterocycles. The summed E-state index contributed by atoms with van der Waals surface area (Å²) in [7, 11) is 2.12. The second-order valence-corrected chi connectivity index (χ2v) is 6.58. The average Bonchev–Trinajstić information content (AvgIpc) is 3.09. The van der Waals surface area contributed by atoms with E-state index in [1.54, 1.807) is 0 Å². The molecule has 3 nitrogen and oxygen atoms in total. The summed E-state index contributed by atoms with van der Waals surface area (Å²) in [5.41, 5.74) is 0. The third-order valence-electron chi connectivity index (χ3n) is 3.48. The molecule has 1 atom stereocenters. The minimum atomic E-state index is 0.499. The van der Waals surface area contributed by atoms with Gasteiger partial charge in [-0.2, -0.15) is 0 Å². The molecular weight excluding hydrogens is 290 g/mol. The number of halogens is 1. The van der Waals surface area contributed by atoms with Gasteiger partial charge in [0, 0.05) is 25.1 Å². The summed E-state index contributed by atoms with van der Waals surface area (Å²) in [6.45, 7) is 6.78. The first-order chi connectivity index (χ1) is 8.47. The Balaban J connectivity index is 2.15. The van der Waals surface area contributed by atoms with E-state index >= 15 is 0 Å². The van der Waals surface area contributed by atoms with Crippen molar-refractivity contribution in [3.8, 4) is 0 Å². The van der Waals surface area contributed by atoms with Crippen molar-refractivity contribution >= 4 is 21.7 Å². The van der Waals surface area contributed by atoms with Gasteiger partial charge in [-0.3, -0.25) is 0 Å².